The minimum Gasteiger partial charge on any atom is -0.297 e. The van der Waals surface area contributed by atoms with E-state index in [1.165, 1.54) is 23.5 Å². The van der Waals surface area contributed by atoms with E-state index in [0.717, 1.165) is 53.4 Å². The van der Waals surface area contributed by atoms with Crippen LogP contribution in [0.4, 0.5) is 4.39 Å². The molecule has 136 valence electrons. The van der Waals surface area contributed by atoms with Crippen LogP contribution in [0, 0.1) is 5.82 Å². The van der Waals surface area contributed by atoms with Crippen molar-refractivity contribution in [2.75, 3.05) is 26.2 Å². The highest BCUT2D eigenvalue weighted by molar-refractivity contribution is 9.10. The Morgan fingerprint density at radius 3 is 2.58 bits per heavy atom. The van der Waals surface area contributed by atoms with E-state index >= 15 is 0 Å². The molecule has 2 aromatic heterocycles. The number of thiazole rings is 1. The van der Waals surface area contributed by atoms with Gasteiger partial charge < -0.3 is 0 Å². The van der Waals surface area contributed by atoms with Gasteiger partial charge in [-0.2, -0.15) is 0 Å². The minimum atomic E-state index is -0.225. The van der Waals surface area contributed by atoms with Gasteiger partial charge in [-0.3, -0.25) is 19.0 Å². The Kier molecular flexibility index (Phi) is 5.17. The van der Waals surface area contributed by atoms with Gasteiger partial charge in [-0.15, -0.1) is 11.3 Å². The van der Waals surface area contributed by atoms with Crippen molar-refractivity contribution in [1.29, 1.82) is 0 Å². The van der Waals surface area contributed by atoms with E-state index in [-0.39, 0.29) is 11.4 Å². The molecule has 3 aromatic rings. The monoisotopic (exact) mass is 436 g/mol. The molecule has 8 heteroatoms. The van der Waals surface area contributed by atoms with E-state index < -0.39 is 0 Å². The van der Waals surface area contributed by atoms with Crippen molar-refractivity contribution < 1.29 is 4.39 Å². The summed E-state index contributed by atoms with van der Waals surface area (Å²) in [7, 11) is 0. The first kappa shape index (κ1) is 17.8. The summed E-state index contributed by atoms with van der Waals surface area (Å²) in [6.07, 6.45) is 1.76. The molecule has 4 rings (SSSR count). The lowest BCUT2D eigenvalue weighted by Crippen LogP contribution is -2.45. The van der Waals surface area contributed by atoms with Gasteiger partial charge >= 0.3 is 0 Å². The van der Waals surface area contributed by atoms with Crippen molar-refractivity contribution in [2.45, 2.75) is 13.1 Å². The third-order valence-electron chi connectivity index (χ3n) is 4.62. The lowest BCUT2D eigenvalue weighted by atomic mass is 10.2. The fourth-order valence-electron chi connectivity index (χ4n) is 3.19. The molecule has 0 saturated carbocycles. The molecule has 1 saturated heterocycles. The van der Waals surface area contributed by atoms with Gasteiger partial charge in [0, 0.05) is 61.4 Å². The zero-order valence-electron chi connectivity index (χ0n) is 14.1. The molecular formula is C18H18BrFN4OS. The van der Waals surface area contributed by atoms with Crippen LogP contribution in [0.3, 0.4) is 0 Å². The van der Waals surface area contributed by atoms with Crippen LogP contribution in [0.5, 0.6) is 0 Å². The Morgan fingerprint density at radius 1 is 1.12 bits per heavy atom. The minimum absolute atomic E-state index is 0.0222. The molecule has 1 aliphatic heterocycles. The summed E-state index contributed by atoms with van der Waals surface area (Å²) in [5.74, 6) is -0.225. The second-order valence-corrected chi connectivity index (χ2v) is 8.16. The van der Waals surface area contributed by atoms with E-state index in [9.17, 15) is 9.18 Å². The van der Waals surface area contributed by atoms with Gasteiger partial charge in [0.05, 0.1) is 5.69 Å². The number of rotatable bonds is 4. The van der Waals surface area contributed by atoms with Gasteiger partial charge in [-0.1, -0.05) is 22.0 Å². The summed E-state index contributed by atoms with van der Waals surface area (Å²) >= 11 is 4.91. The lowest BCUT2D eigenvalue weighted by molar-refractivity contribution is 0.121. The fourth-order valence-corrected chi connectivity index (χ4v) is 4.41. The summed E-state index contributed by atoms with van der Waals surface area (Å²) in [5.41, 5.74) is 1.90. The summed E-state index contributed by atoms with van der Waals surface area (Å²) in [4.78, 5) is 22.1. The third-order valence-corrected chi connectivity index (χ3v) is 6.11. The van der Waals surface area contributed by atoms with Crippen molar-refractivity contribution in [2.24, 2.45) is 0 Å². The first-order chi connectivity index (χ1) is 12.6. The third kappa shape index (κ3) is 3.88. The van der Waals surface area contributed by atoms with Gasteiger partial charge in [0.2, 0.25) is 0 Å². The van der Waals surface area contributed by atoms with Gasteiger partial charge in [0.1, 0.15) is 5.82 Å². The van der Waals surface area contributed by atoms with Crippen LogP contribution in [-0.4, -0.2) is 45.4 Å². The fraction of sp³-hybridized carbons (Fsp3) is 0.333. The molecule has 3 heterocycles. The van der Waals surface area contributed by atoms with Gasteiger partial charge in [-0.05, 0) is 17.7 Å². The topological polar surface area (TPSA) is 40.9 Å². The Hall–Kier alpha value is -1.61. The van der Waals surface area contributed by atoms with Crippen molar-refractivity contribution in [3.8, 4) is 0 Å². The highest BCUT2D eigenvalue weighted by Crippen LogP contribution is 2.20. The highest BCUT2D eigenvalue weighted by atomic mass is 79.9. The number of hydrogen-bond acceptors (Lipinski definition) is 5. The molecule has 0 radical (unpaired) electrons. The Bertz CT molecular complexity index is 981. The predicted octanol–water partition coefficient (Wildman–Crippen LogP) is 2.98. The van der Waals surface area contributed by atoms with E-state index in [2.05, 4.69) is 30.7 Å². The van der Waals surface area contributed by atoms with E-state index in [1.807, 2.05) is 11.4 Å². The molecule has 0 unspecified atom stereocenters. The Labute approximate surface area is 162 Å². The van der Waals surface area contributed by atoms with Gasteiger partial charge in [0.15, 0.2) is 4.96 Å². The zero-order chi connectivity index (χ0) is 18.1. The predicted molar refractivity (Wildman–Crippen MR) is 104 cm³/mol. The van der Waals surface area contributed by atoms with Gasteiger partial charge in [-0.25, -0.2) is 9.37 Å². The molecule has 0 aliphatic carbocycles. The molecule has 0 spiro atoms. The SMILES string of the molecule is O=c1cc(CN2CCN(Cc3ccc(F)cc3Br)CC2)nc2sccn12. The number of piperazine rings is 1. The molecule has 5 nitrogen and oxygen atoms in total. The number of halogens is 2. The maximum Gasteiger partial charge on any atom is 0.258 e. The summed E-state index contributed by atoms with van der Waals surface area (Å²) in [6, 6.07) is 6.47. The molecule has 1 fully saturated rings. The molecule has 1 aromatic carbocycles. The van der Waals surface area contributed by atoms with Crippen LogP contribution in [0.1, 0.15) is 11.3 Å². The van der Waals surface area contributed by atoms with Crippen molar-refractivity contribution in [3.63, 3.8) is 0 Å². The largest absolute Gasteiger partial charge is 0.297 e. The molecule has 0 atom stereocenters. The van der Waals surface area contributed by atoms with Crippen LogP contribution < -0.4 is 5.56 Å². The Balaban J connectivity index is 1.36. The number of fused-ring (bicyclic) bond motifs is 1. The van der Waals surface area contributed by atoms with Crippen LogP contribution in [0.15, 0.2) is 45.1 Å². The Morgan fingerprint density at radius 2 is 1.85 bits per heavy atom. The van der Waals surface area contributed by atoms with Crippen molar-refractivity contribution in [3.05, 3.63) is 67.7 Å². The highest BCUT2D eigenvalue weighted by Gasteiger charge is 2.19. The molecular weight excluding hydrogens is 419 g/mol. The summed E-state index contributed by atoms with van der Waals surface area (Å²) < 4.78 is 15.6. The van der Waals surface area contributed by atoms with Gasteiger partial charge in [0.25, 0.3) is 5.56 Å². The lowest BCUT2D eigenvalue weighted by Gasteiger charge is -2.34. The van der Waals surface area contributed by atoms with E-state index in [1.54, 1.807) is 16.7 Å². The van der Waals surface area contributed by atoms with Crippen LogP contribution in [0.2, 0.25) is 0 Å². The first-order valence-electron chi connectivity index (χ1n) is 8.43. The van der Waals surface area contributed by atoms with Crippen molar-refractivity contribution >= 4 is 32.2 Å². The molecule has 0 amide bonds. The molecule has 26 heavy (non-hydrogen) atoms. The summed E-state index contributed by atoms with van der Waals surface area (Å²) in [5, 5.41) is 1.87. The molecule has 0 bridgehead atoms. The number of hydrogen-bond donors (Lipinski definition) is 0. The van der Waals surface area contributed by atoms with E-state index in [0.29, 0.717) is 6.54 Å². The normalized spacial score (nSPS) is 16.4. The maximum atomic E-state index is 13.2. The maximum absolute atomic E-state index is 13.2. The molecule has 1 aliphatic rings. The first-order valence-corrected chi connectivity index (χ1v) is 10.1. The van der Waals surface area contributed by atoms with Crippen LogP contribution >= 0.6 is 27.3 Å². The van der Waals surface area contributed by atoms with Crippen LogP contribution in [-0.2, 0) is 13.1 Å². The van der Waals surface area contributed by atoms with Crippen molar-refractivity contribution in [1.82, 2.24) is 19.2 Å². The number of nitrogens with zero attached hydrogens (tertiary/aromatic N) is 4. The average Bonchev–Trinajstić information content (AvgIpc) is 3.08. The molecule has 0 N–H and O–H groups in total. The quantitative estimate of drug-likeness (QED) is 0.630. The number of benzene rings is 1. The standard InChI is InChI=1S/C18H18BrFN4OS/c19-16-9-14(20)2-1-13(16)11-22-3-5-23(6-4-22)12-15-10-17(25)24-7-8-26-18(24)21-15/h1-2,7-10H,3-6,11-12H2. The average molecular weight is 437 g/mol. The number of aromatic nitrogens is 2. The smallest absolute Gasteiger partial charge is 0.258 e. The second kappa shape index (κ2) is 7.56. The second-order valence-electron chi connectivity index (χ2n) is 6.43. The van der Waals surface area contributed by atoms with Crippen LogP contribution in [0.25, 0.3) is 4.96 Å². The summed E-state index contributed by atoms with van der Waals surface area (Å²) in [6.45, 7) is 5.20. The van der Waals surface area contributed by atoms with E-state index in [4.69, 9.17) is 0 Å². The zero-order valence-corrected chi connectivity index (χ0v) is 16.5.